The van der Waals surface area contributed by atoms with Crippen molar-refractivity contribution in [3.8, 4) is 5.69 Å². The van der Waals surface area contributed by atoms with Crippen LogP contribution < -0.4 is 10.6 Å². The van der Waals surface area contributed by atoms with Crippen LogP contribution in [0.5, 0.6) is 0 Å². The Kier molecular flexibility index (Phi) is 8.33. The van der Waals surface area contributed by atoms with E-state index in [0.717, 1.165) is 17.8 Å². The van der Waals surface area contributed by atoms with Gasteiger partial charge in [-0.05, 0) is 42.2 Å². The standard InChI is InChI=1S/C28H37N5O2/c1-7-17-32(27(35)29-22-15-13-21(14-16-22)20(2)3)19-26(34)30-25-18-24(28(4,5)6)31-33(25)23-11-9-8-10-12-23/h8-16,18,20H,7,17,19H2,1-6H3,(H,29,35)(H,30,34). The lowest BCUT2D eigenvalue weighted by atomic mass is 9.92. The van der Waals surface area contributed by atoms with Crippen LogP contribution in [0.15, 0.2) is 60.7 Å². The first kappa shape index (κ1) is 26.0. The van der Waals surface area contributed by atoms with E-state index in [2.05, 4.69) is 45.3 Å². The highest BCUT2D eigenvalue weighted by Crippen LogP contribution is 2.26. The minimum absolute atomic E-state index is 0.0609. The molecule has 0 spiro atoms. The molecule has 2 N–H and O–H groups in total. The lowest BCUT2D eigenvalue weighted by molar-refractivity contribution is -0.116. The van der Waals surface area contributed by atoms with Crippen molar-refractivity contribution in [2.45, 2.75) is 59.3 Å². The summed E-state index contributed by atoms with van der Waals surface area (Å²) in [5, 5.41) is 10.6. The Labute approximate surface area is 208 Å². The van der Waals surface area contributed by atoms with Crippen molar-refractivity contribution in [2.75, 3.05) is 23.7 Å². The second-order valence-electron chi connectivity index (χ2n) is 10.1. The average Bonchev–Trinajstić information content (AvgIpc) is 3.24. The summed E-state index contributed by atoms with van der Waals surface area (Å²) in [4.78, 5) is 27.5. The lowest BCUT2D eigenvalue weighted by Gasteiger charge is -2.22. The molecule has 3 rings (SSSR count). The molecule has 186 valence electrons. The van der Waals surface area contributed by atoms with Gasteiger partial charge in [0.25, 0.3) is 0 Å². The second kappa shape index (κ2) is 11.2. The van der Waals surface area contributed by atoms with E-state index in [9.17, 15) is 9.59 Å². The normalized spacial score (nSPS) is 11.4. The number of rotatable bonds is 8. The average molecular weight is 476 g/mol. The molecule has 7 heteroatoms. The molecule has 1 heterocycles. The van der Waals surface area contributed by atoms with E-state index in [-0.39, 0.29) is 23.9 Å². The van der Waals surface area contributed by atoms with Crippen molar-refractivity contribution in [1.29, 1.82) is 0 Å². The molecular weight excluding hydrogens is 438 g/mol. The number of benzene rings is 2. The summed E-state index contributed by atoms with van der Waals surface area (Å²) < 4.78 is 1.74. The zero-order valence-corrected chi connectivity index (χ0v) is 21.6. The van der Waals surface area contributed by atoms with Crippen molar-refractivity contribution in [1.82, 2.24) is 14.7 Å². The number of hydrogen-bond acceptors (Lipinski definition) is 3. The van der Waals surface area contributed by atoms with Crippen LogP contribution >= 0.6 is 0 Å². The van der Waals surface area contributed by atoms with Gasteiger partial charge >= 0.3 is 6.03 Å². The van der Waals surface area contributed by atoms with Gasteiger partial charge < -0.3 is 15.5 Å². The van der Waals surface area contributed by atoms with Crippen LogP contribution in [-0.2, 0) is 10.2 Å². The van der Waals surface area contributed by atoms with E-state index in [0.29, 0.717) is 24.0 Å². The number of hydrogen-bond donors (Lipinski definition) is 2. The summed E-state index contributed by atoms with van der Waals surface area (Å²) in [6.45, 7) is 12.9. The Morgan fingerprint density at radius 3 is 2.23 bits per heavy atom. The summed E-state index contributed by atoms with van der Waals surface area (Å²) in [5.74, 6) is 0.719. The summed E-state index contributed by atoms with van der Waals surface area (Å²) in [7, 11) is 0. The maximum atomic E-state index is 13.0. The molecule has 0 unspecified atom stereocenters. The molecule has 0 aliphatic carbocycles. The van der Waals surface area contributed by atoms with E-state index in [4.69, 9.17) is 5.10 Å². The quantitative estimate of drug-likeness (QED) is 0.408. The van der Waals surface area contributed by atoms with Gasteiger partial charge in [-0.2, -0.15) is 5.10 Å². The van der Waals surface area contributed by atoms with Gasteiger partial charge in [-0.25, -0.2) is 9.48 Å². The number of para-hydroxylation sites is 1. The molecule has 0 aliphatic rings. The number of anilines is 2. The van der Waals surface area contributed by atoms with Gasteiger partial charge in [0.1, 0.15) is 12.4 Å². The summed E-state index contributed by atoms with van der Waals surface area (Å²) in [5.41, 5.74) is 3.45. The van der Waals surface area contributed by atoms with E-state index >= 15 is 0 Å². The molecule has 1 aromatic heterocycles. The first-order chi connectivity index (χ1) is 16.6. The van der Waals surface area contributed by atoms with Crippen LogP contribution in [0.3, 0.4) is 0 Å². The fraction of sp³-hybridized carbons (Fsp3) is 0.393. The van der Waals surface area contributed by atoms with Crippen LogP contribution in [-0.4, -0.2) is 39.7 Å². The molecule has 3 amide bonds. The van der Waals surface area contributed by atoms with Crippen LogP contribution in [0, 0.1) is 0 Å². The Balaban J connectivity index is 1.74. The predicted octanol–water partition coefficient (Wildman–Crippen LogP) is 6.18. The Morgan fingerprint density at radius 1 is 1.00 bits per heavy atom. The molecule has 2 aromatic carbocycles. The molecule has 3 aromatic rings. The third kappa shape index (κ3) is 6.94. The number of nitrogens with zero attached hydrogens (tertiary/aromatic N) is 3. The van der Waals surface area contributed by atoms with Crippen LogP contribution in [0.1, 0.15) is 65.1 Å². The highest BCUT2D eigenvalue weighted by Gasteiger charge is 2.23. The third-order valence-corrected chi connectivity index (χ3v) is 5.69. The fourth-order valence-corrected chi connectivity index (χ4v) is 3.63. The topological polar surface area (TPSA) is 79.3 Å². The summed E-state index contributed by atoms with van der Waals surface area (Å²) in [6, 6.07) is 19.1. The minimum atomic E-state index is -0.300. The SMILES string of the molecule is CCCN(CC(=O)Nc1cc(C(C)(C)C)nn1-c1ccccc1)C(=O)Nc1ccc(C(C)C)cc1. The highest BCUT2D eigenvalue weighted by atomic mass is 16.2. The Morgan fingerprint density at radius 2 is 1.66 bits per heavy atom. The van der Waals surface area contributed by atoms with Gasteiger partial charge in [0.2, 0.25) is 5.91 Å². The molecular formula is C28H37N5O2. The molecule has 35 heavy (non-hydrogen) atoms. The van der Waals surface area contributed by atoms with Gasteiger partial charge in [0, 0.05) is 23.7 Å². The van der Waals surface area contributed by atoms with E-state index in [1.165, 1.54) is 10.5 Å². The Hall–Kier alpha value is -3.61. The smallest absolute Gasteiger partial charge is 0.315 e. The minimum Gasteiger partial charge on any atom is -0.315 e. The summed E-state index contributed by atoms with van der Waals surface area (Å²) in [6.07, 6.45) is 0.739. The van der Waals surface area contributed by atoms with E-state index in [1.807, 2.05) is 67.6 Å². The van der Waals surface area contributed by atoms with Gasteiger partial charge in [0.15, 0.2) is 0 Å². The van der Waals surface area contributed by atoms with Crippen LogP contribution in [0.2, 0.25) is 0 Å². The van der Waals surface area contributed by atoms with Gasteiger partial charge in [-0.15, -0.1) is 0 Å². The fourth-order valence-electron chi connectivity index (χ4n) is 3.63. The predicted molar refractivity (Wildman–Crippen MR) is 142 cm³/mol. The van der Waals surface area contributed by atoms with Gasteiger partial charge in [-0.3, -0.25) is 4.79 Å². The van der Waals surface area contributed by atoms with E-state index in [1.54, 1.807) is 4.68 Å². The summed E-state index contributed by atoms with van der Waals surface area (Å²) >= 11 is 0. The van der Waals surface area contributed by atoms with Crippen molar-refractivity contribution >= 4 is 23.4 Å². The maximum Gasteiger partial charge on any atom is 0.322 e. The number of aromatic nitrogens is 2. The van der Waals surface area contributed by atoms with Crippen molar-refractivity contribution in [2.24, 2.45) is 0 Å². The zero-order valence-electron chi connectivity index (χ0n) is 21.6. The number of amides is 3. The zero-order chi connectivity index (χ0) is 25.6. The Bertz CT molecular complexity index is 1130. The lowest BCUT2D eigenvalue weighted by Crippen LogP contribution is -2.41. The molecule has 0 fully saturated rings. The molecule has 0 saturated heterocycles. The molecule has 0 aliphatic heterocycles. The number of carbonyl (C=O) groups excluding carboxylic acids is 2. The molecule has 0 atom stereocenters. The number of urea groups is 1. The first-order valence-corrected chi connectivity index (χ1v) is 12.2. The molecule has 0 radical (unpaired) electrons. The van der Waals surface area contributed by atoms with Crippen molar-refractivity contribution in [3.63, 3.8) is 0 Å². The third-order valence-electron chi connectivity index (χ3n) is 5.69. The van der Waals surface area contributed by atoms with Gasteiger partial charge in [-0.1, -0.05) is 71.9 Å². The van der Waals surface area contributed by atoms with Crippen LogP contribution in [0.25, 0.3) is 5.69 Å². The van der Waals surface area contributed by atoms with Crippen molar-refractivity contribution < 1.29 is 9.59 Å². The molecule has 7 nitrogen and oxygen atoms in total. The van der Waals surface area contributed by atoms with Crippen molar-refractivity contribution in [3.05, 3.63) is 71.9 Å². The molecule has 0 bridgehead atoms. The first-order valence-electron chi connectivity index (χ1n) is 12.2. The molecule has 0 saturated carbocycles. The monoisotopic (exact) mass is 475 g/mol. The number of nitrogens with one attached hydrogen (secondary N) is 2. The highest BCUT2D eigenvalue weighted by molar-refractivity contribution is 5.96. The van der Waals surface area contributed by atoms with Gasteiger partial charge in [0.05, 0.1) is 11.4 Å². The number of carbonyl (C=O) groups is 2. The van der Waals surface area contributed by atoms with E-state index < -0.39 is 0 Å². The second-order valence-corrected chi connectivity index (χ2v) is 10.1. The van der Waals surface area contributed by atoms with Crippen LogP contribution in [0.4, 0.5) is 16.3 Å². The maximum absolute atomic E-state index is 13.0. The largest absolute Gasteiger partial charge is 0.322 e.